The van der Waals surface area contributed by atoms with E-state index in [1.165, 1.54) is 0 Å². The highest BCUT2D eigenvalue weighted by Gasteiger charge is 2.34. The van der Waals surface area contributed by atoms with Gasteiger partial charge in [0.25, 0.3) is 0 Å². The molecular weight excluding hydrogens is 164 g/mol. The summed E-state index contributed by atoms with van der Waals surface area (Å²) in [4.78, 5) is 4.00. The van der Waals surface area contributed by atoms with E-state index in [2.05, 4.69) is 4.98 Å². The van der Waals surface area contributed by atoms with Crippen LogP contribution in [0.2, 0.25) is 0 Å². The van der Waals surface area contributed by atoms with Crippen LogP contribution in [0, 0.1) is 0 Å². The van der Waals surface area contributed by atoms with Crippen LogP contribution in [0.25, 0.3) is 0 Å². The van der Waals surface area contributed by atoms with Crippen molar-refractivity contribution in [3.05, 3.63) is 24.0 Å². The van der Waals surface area contributed by atoms with Gasteiger partial charge in [-0.2, -0.15) is 0 Å². The van der Waals surface area contributed by atoms with Crippen LogP contribution in [-0.2, 0) is 5.60 Å². The molecule has 0 atom stereocenters. The third kappa shape index (κ3) is 1.40. The van der Waals surface area contributed by atoms with Crippen LogP contribution in [0.4, 0.5) is 5.69 Å². The summed E-state index contributed by atoms with van der Waals surface area (Å²) >= 11 is 0. The van der Waals surface area contributed by atoms with Gasteiger partial charge in [0.05, 0.1) is 5.60 Å². The summed E-state index contributed by atoms with van der Waals surface area (Å²) in [5.41, 5.74) is 6.53. The zero-order chi connectivity index (χ0) is 9.31. The van der Waals surface area contributed by atoms with Crippen molar-refractivity contribution in [2.75, 3.05) is 5.73 Å². The molecule has 1 heterocycles. The second kappa shape index (κ2) is 3.00. The molecule has 1 aliphatic carbocycles. The molecule has 0 saturated heterocycles. The zero-order valence-electron chi connectivity index (χ0n) is 7.53. The molecule has 70 valence electrons. The van der Waals surface area contributed by atoms with Gasteiger partial charge in [-0.3, -0.25) is 4.98 Å². The van der Waals surface area contributed by atoms with Crippen LogP contribution in [0.5, 0.6) is 0 Å². The van der Waals surface area contributed by atoms with Crippen LogP contribution in [0.1, 0.15) is 31.2 Å². The van der Waals surface area contributed by atoms with E-state index in [0.717, 1.165) is 31.2 Å². The molecular formula is C10H14N2O. The van der Waals surface area contributed by atoms with Crippen molar-refractivity contribution in [1.29, 1.82) is 0 Å². The first-order chi connectivity index (χ1) is 6.22. The van der Waals surface area contributed by atoms with Crippen molar-refractivity contribution < 1.29 is 5.11 Å². The van der Waals surface area contributed by atoms with E-state index in [-0.39, 0.29) is 0 Å². The Morgan fingerprint density at radius 3 is 2.69 bits per heavy atom. The third-order valence-electron chi connectivity index (χ3n) is 2.79. The van der Waals surface area contributed by atoms with Crippen molar-refractivity contribution in [3.63, 3.8) is 0 Å². The monoisotopic (exact) mass is 178 g/mol. The fraction of sp³-hybridized carbons (Fsp3) is 0.500. The number of aromatic nitrogens is 1. The van der Waals surface area contributed by atoms with Crippen LogP contribution < -0.4 is 5.73 Å². The standard InChI is InChI=1S/C10H14N2O/c11-9-3-6-12-7-8(9)10(13)4-1-2-5-10/h3,6-7,13H,1-2,4-5H2,(H2,11,12). The van der Waals surface area contributed by atoms with Gasteiger partial charge < -0.3 is 10.8 Å². The van der Waals surface area contributed by atoms with Crippen molar-refractivity contribution in [3.8, 4) is 0 Å². The second-order valence-corrected chi connectivity index (χ2v) is 3.70. The van der Waals surface area contributed by atoms with Crippen LogP contribution in [0.3, 0.4) is 0 Å². The average molecular weight is 178 g/mol. The van der Waals surface area contributed by atoms with E-state index in [1.54, 1.807) is 18.5 Å². The molecule has 0 aromatic carbocycles. The van der Waals surface area contributed by atoms with Crippen LogP contribution >= 0.6 is 0 Å². The minimum Gasteiger partial charge on any atom is -0.398 e. The molecule has 3 nitrogen and oxygen atoms in total. The molecule has 1 saturated carbocycles. The van der Waals surface area contributed by atoms with Gasteiger partial charge in [0.1, 0.15) is 0 Å². The summed E-state index contributed by atoms with van der Waals surface area (Å²) in [5.74, 6) is 0. The molecule has 0 spiro atoms. The normalized spacial score (nSPS) is 20.4. The quantitative estimate of drug-likeness (QED) is 0.683. The number of rotatable bonds is 1. The van der Waals surface area contributed by atoms with Crippen LogP contribution in [-0.4, -0.2) is 10.1 Å². The van der Waals surface area contributed by atoms with E-state index in [9.17, 15) is 5.11 Å². The van der Waals surface area contributed by atoms with E-state index in [4.69, 9.17) is 5.73 Å². The summed E-state index contributed by atoms with van der Waals surface area (Å²) in [6.45, 7) is 0. The molecule has 0 amide bonds. The maximum Gasteiger partial charge on any atom is 0.0931 e. The van der Waals surface area contributed by atoms with Crippen LogP contribution in [0.15, 0.2) is 18.5 Å². The zero-order valence-corrected chi connectivity index (χ0v) is 7.53. The lowest BCUT2D eigenvalue weighted by Gasteiger charge is -2.23. The highest BCUT2D eigenvalue weighted by Crippen LogP contribution is 2.40. The number of pyridine rings is 1. The Bertz CT molecular complexity index is 306. The molecule has 1 aromatic rings. The maximum absolute atomic E-state index is 10.2. The molecule has 1 aliphatic rings. The summed E-state index contributed by atoms with van der Waals surface area (Å²) < 4.78 is 0. The van der Waals surface area contributed by atoms with Crippen molar-refractivity contribution in [1.82, 2.24) is 4.98 Å². The van der Waals surface area contributed by atoms with Gasteiger partial charge in [-0.1, -0.05) is 12.8 Å². The van der Waals surface area contributed by atoms with E-state index >= 15 is 0 Å². The first-order valence-corrected chi connectivity index (χ1v) is 4.65. The molecule has 3 N–H and O–H groups in total. The Balaban J connectivity index is 2.39. The van der Waals surface area contributed by atoms with Gasteiger partial charge in [0, 0.05) is 23.6 Å². The SMILES string of the molecule is Nc1ccncc1C1(O)CCCC1. The molecule has 3 heteroatoms. The lowest BCUT2D eigenvalue weighted by molar-refractivity contribution is 0.0449. The minimum absolute atomic E-state index is 0.652. The number of anilines is 1. The molecule has 0 unspecified atom stereocenters. The lowest BCUT2D eigenvalue weighted by atomic mass is 9.92. The molecule has 13 heavy (non-hydrogen) atoms. The molecule has 0 bridgehead atoms. The average Bonchev–Trinajstić information content (AvgIpc) is 2.54. The Hall–Kier alpha value is -1.09. The largest absolute Gasteiger partial charge is 0.398 e. The van der Waals surface area contributed by atoms with Gasteiger partial charge in [0.2, 0.25) is 0 Å². The van der Waals surface area contributed by atoms with Gasteiger partial charge in [-0.05, 0) is 18.9 Å². The first-order valence-electron chi connectivity index (χ1n) is 4.65. The van der Waals surface area contributed by atoms with Crippen molar-refractivity contribution in [2.45, 2.75) is 31.3 Å². The first kappa shape index (κ1) is 8.51. The Kier molecular flexibility index (Phi) is 1.96. The van der Waals surface area contributed by atoms with Crippen molar-refractivity contribution >= 4 is 5.69 Å². The van der Waals surface area contributed by atoms with E-state index in [1.807, 2.05) is 0 Å². The highest BCUT2D eigenvalue weighted by atomic mass is 16.3. The topological polar surface area (TPSA) is 59.1 Å². The maximum atomic E-state index is 10.2. The second-order valence-electron chi connectivity index (χ2n) is 3.70. The van der Waals surface area contributed by atoms with Gasteiger partial charge in [-0.25, -0.2) is 0 Å². The summed E-state index contributed by atoms with van der Waals surface area (Å²) in [6.07, 6.45) is 7.10. The highest BCUT2D eigenvalue weighted by molar-refractivity contribution is 5.48. The molecule has 1 fully saturated rings. The number of nitrogens with two attached hydrogens (primary N) is 1. The van der Waals surface area contributed by atoms with E-state index < -0.39 is 5.60 Å². The fourth-order valence-corrected chi connectivity index (χ4v) is 2.02. The van der Waals surface area contributed by atoms with Crippen molar-refractivity contribution in [2.24, 2.45) is 0 Å². The summed E-state index contributed by atoms with van der Waals surface area (Å²) in [6, 6.07) is 1.74. The number of hydrogen-bond donors (Lipinski definition) is 2. The van der Waals surface area contributed by atoms with Gasteiger partial charge in [0.15, 0.2) is 0 Å². The third-order valence-corrected chi connectivity index (χ3v) is 2.79. The number of hydrogen-bond acceptors (Lipinski definition) is 3. The summed E-state index contributed by atoms with van der Waals surface area (Å²) in [7, 11) is 0. The number of nitrogen functional groups attached to an aromatic ring is 1. The smallest absolute Gasteiger partial charge is 0.0931 e. The number of aliphatic hydroxyl groups is 1. The molecule has 0 radical (unpaired) electrons. The van der Waals surface area contributed by atoms with E-state index in [0.29, 0.717) is 5.69 Å². The molecule has 0 aliphatic heterocycles. The molecule has 1 aromatic heterocycles. The minimum atomic E-state index is -0.710. The summed E-state index contributed by atoms with van der Waals surface area (Å²) in [5, 5.41) is 10.2. The van der Waals surface area contributed by atoms with Gasteiger partial charge in [-0.15, -0.1) is 0 Å². The lowest BCUT2D eigenvalue weighted by Crippen LogP contribution is -2.22. The Morgan fingerprint density at radius 1 is 1.38 bits per heavy atom. The Labute approximate surface area is 77.6 Å². The van der Waals surface area contributed by atoms with Gasteiger partial charge >= 0.3 is 0 Å². The predicted molar refractivity (Wildman–Crippen MR) is 51.0 cm³/mol. The number of nitrogens with zero attached hydrogens (tertiary/aromatic N) is 1. The fourth-order valence-electron chi connectivity index (χ4n) is 2.02. The Morgan fingerprint density at radius 2 is 2.08 bits per heavy atom. The molecule has 2 rings (SSSR count). The predicted octanol–water partition coefficient (Wildman–Crippen LogP) is 1.43.